The molecular weight excluding hydrogens is 501 g/mol. The highest BCUT2D eigenvalue weighted by Crippen LogP contribution is 2.28. The van der Waals surface area contributed by atoms with Crippen LogP contribution in [-0.2, 0) is 4.79 Å². The minimum Gasteiger partial charge on any atom is -0.378 e. The van der Waals surface area contributed by atoms with Crippen molar-refractivity contribution in [3.05, 3.63) is 105 Å². The molecule has 1 atom stereocenters. The van der Waals surface area contributed by atoms with Gasteiger partial charge in [-0.25, -0.2) is 27.5 Å². The van der Waals surface area contributed by atoms with Gasteiger partial charge in [-0.15, -0.1) is 0 Å². The van der Waals surface area contributed by atoms with Crippen molar-refractivity contribution < 1.29 is 23.1 Å². The molecule has 8 nitrogen and oxygen atoms in total. The second-order valence-electron chi connectivity index (χ2n) is 9.24. The van der Waals surface area contributed by atoms with Crippen LogP contribution in [0.3, 0.4) is 0 Å². The maximum absolute atomic E-state index is 14.0. The van der Waals surface area contributed by atoms with Crippen molar-refractivity contribution in [2.45, 2.75) is 43.9 Å². The molecule has 1 unspecified atom stereocenters. The molecule has 1 saturated carbocycles. The fourth-order valence-corrected chi connectivity index (χ4v) is 4.91. The summed E-state index contributed by atoms with van der Waals surface area (Å²) in [6.07, 6.45) is 0.978. The smallest absolute Gasteiger partial charge is 0.337 e. The highest BCUT2D eigenvalue weighted by molar-refractivity contribution is 5.82. The van der Waals surface area contributed by atoms with E-state index in [1.54, 1.807) is 30.3 Å². The molecule has 2 aromatic heterocycles. The summed E-state index contributed by atoms with van der Waals surface area (Å²) in [5, 5.41) is 13.0. The van der Waals surface area contributed by atoms with E-state index < -0.39 is 46.8 Å². The van der Waals surface area contributed by atoms with Gasteiger partial charge >= 0.3 is 5.69 Å². The van der Waals surface area contributed by atoms with Crippen molar-refractivity contribution >= 4 is 16.9 Å². The molecule has 2 heterocycles. The number of amides is 1. The van der Waals surface area contributed by atoms with E-state index in [0.717, 1.165) is 33.5 Å². The highest BCUT2D eigenvalue weighted by Gasteiger charge is 2.29. The highest BCUT2D eigenvalue weighted by atomic mass is 19.2. The molecule has 0 aliphatic heterocycles. The number of fused-ring (bicyclic) bond motifs is 1. The number of pyridine rings is 1. The molecule has 196 valence electrons. The Bertz CT molecular complexity index is 1630. The lowest BCUT2D eigenvalue weighted by molar-refractivity contribution is -0.130. The van der Waals surface area contributed by atoms with E-state index in [0.29, 0.717) is 31.2 Å². The minimum absolute atomic E-state index is 0.0670. The van der Waals surface area contributed by atoms with E-state index in [2.05, 4.69) is 10.3 Å². The maximum Gasteiger partial charge on any atom is 0.337 e. The summed E-state index contributed by atoms with van der Waals surface area (Å²) in [7, 11) is 0. The summed E-state index contributed by atoms with van der Waals surface area (Å²) in [5.41, 5.74) is -1.36. The van der Waals surface area contributed by atoms with Crippen molar-refractivity contribution in [2.75, 3.05) is 0 Å². The second-order valence-corrected chi connectivity index (χ2v) is 9.24. The molecule has 1 aliphatic rings. The Morgan fingerprint density at radius 2 is 1.68 bits per heavy atom. The van der Waals surface area contributed by atoms with E-state index in [9.17, 15) is 32.7 Å². The third-order valence-electron chi connectivity index (χ3n) is 6.82. The number of nitrogens with zero attached hydrogens (tertiary/aromatic N) is 3. The van der Waals surface area contributed by atoms with Crippen molar-refractivity contribution in [3.63, 3.8) is 0 Å². The number of carbonyl (C=O) groups excluding carboxylic acids is 1. The van der Waals surface area contributed by atoms with Crippen LogP contribution in [0.1, 0.15) is 43.4 Å². The zero-order valence-corrected chi connectivity index (χ0v) is 20.0. The van der Waals surface area contributed by atoms with Crippen molar-refractivity contribution in [2.24, 2.45) is 0 Å². The lowest BCUT2D eigenvalue weighted by Gasteiger charge is -2.30. The number of rotatable bonds is 5. The van der Waals surface area contributed by atoms with E-state index in [4.69, 9.17) is 0 Å². The minimum atomic E-state index is -1.33. The van der Waals surface area contributed by atoms with Crippen LogP contribution in [0.5, 0.6) is 0 Å². The first-order valence-corrected chi connectivity index (χ1v) is 12.1. The first kappa shape index (κ1) is 25.4. The average Bonchev–Trinajstić information content (AvgIpc) is 2.92. The van der Waals surface area contributed by atoms with Crippen molar-refractivity contribution in [3.8, 4) is 5.69 Å². The molecule has 38 heavy (non-hydrogen) atoms. The van der Waals surface area contributed by atoms with Crippen LogP contribution in [0.15, 0.2) is 70.4 Å². The summed E-state index contributed by atoms with van der Waals surface area (Å²) in [5.74, 6) is -3.66. The lowest BCUT2D eigenvalue weighted by atomic mass is 9.90. The summed E-state index contributed by atoms with van der Waals surface area (Å²) >= 11 is 0. The Hall–Kier alpha value is -4.25. The van der Waals surface area contributed by atoms with Gasteiger partial charge in [0.15, 0.2) is 23.4 Å². The molecule has 11 heteroatoms. The van der Waals surface area contributed by atoms with Gasteiger partial charge in [0.2, 0.25) is 0 Å². The third-order valence-corrected chi connectivity index (χ3v) is 6.82. The number of nitrogens with one attached hydrogen (secondary N) is 1. The number of halogens is 3. The predicted octanol–water partition coefficient (Wildman–Crippen LogP) is 3.30. The van der Waals surface area contributed by atoms with Crippen molar-refractivity contribution in [1.82, 2.24) is 19.4 Å². The number of hydrogen-bond acceptors (Lipinski definition) is 5. The molecule has 2 aromatic carbocycles. The van der Waals surface area contributed by atoms with E-state index >= 15 is 0 Å². The number of hydrogen-bond donors (Lipinski definition) is 2. The fourth-order valence-electron chi connectivity index (χ4n) is 4.91. The molecular formula is C27H23F3N4O4. The molecule has 2 N–H and O–H groups in total. The van der Waals surface area contributed by atoms with Crippen LogP contribution in [0, 0.1) is 17.5 Å². The van der Waals surface area contributed by atoms with Gasteiger partial charge in [-0.2, -0.15) is 0 Å². The predicted molar refractivity (Wildman–Crippen MR) is 132 cm³/mol. The number of benzene rings is 2. The van der Waals surface area contributed by atoms with E-state index in [1.165, 1.54) is 6.07 Å². The van der Waals surface area contributed by atoms with Crippen LogP contribution in [0.4, 0.5) is 13.2 Å². The SMILES string of the molecule is O=C(NC1CCC(n2c(=O)c3cc(F)cnc3n(-c3ccc(F)c(F)c3)c2=O)CC1)C(O)c1ccccc1. The first-order valence-electron chi connectivity index (χ1n) is 12.1. The zero-order valence-electron chi connectivity index (χ0n) is 20.0. The molecule has 4 aromatic rings. The Kier molecular flexibility index (Phi) is 6.85. The number of carbonyl (C=O) groups is 1. The quantitative estimate of drug-likeness (QED) is 0.417. The molecule has 1 aliphatic carbocycles. The van der Waals surface area contributed by atoms with Crippen LogP contribution >= 0.6 is 0 Å². The number of aliphatic hydroxyl groups excluding tert-OH is 1. The Morgan fingerprint density at radius 1 is 0.974 bits per heavy atom. The number of aromatic nitrogens is 3. The molecule has 1 amide bonds. The summed E-state index contributed by atoms with van der Waals surface area (Å²) < 4.78 is 43.6. The Morgan fingerprint density at radius 3 is 2.37 bits per heavy atom. The zero-order chi connectivity index (χ0) is 27.0. The van der Waals surface area contributed by atoms with Crippen molar-refractivity contribution in [1.29, 1.82) is 0 Å². The molecule has 0 radical (unpaired) electrons. The van der Waals surface area contributed by atoms with Gasteiger partial charge in [0.25, 0.3) is 11.5 Å². The van der Waals surface area contributed by atoms with Gasteiger partial charge < -0.3 is 10.4 Å². The van der Waals surface area contributed by atoms with Gasteiger partial charge in [0, 0.05) is 18.2 Å². The third kappa shape index (κ3) is 4.72. The standard InChI is InChI=1S/C27H23F3N4O4/c28-16-12-20-24(31-14-16)33(19-10-11-21(29)22(30)13-19)27(38)34(26(20)37)18-8-6-17(7-9-18)32-25(36)23(35)15-4-2-1-3-5-15/h1-5,10-14,17-18,23,35H,6-9H2,(H,32,36). The molecule has 0 saturated heterocycles. The van der Waals surface area contributed by atoms with Gasteiger partial charge in [-0.3, -0.25) is 14.2 Å². The first-order chi connectivity index (χ1) is 18.2. The average molecular weight is 524 g/mol. The Balaban J connectivity index is 1.44. The normalized spacial score (nSPS) is 18.3. The lowest BCUT2D eigenvalue weighted by Crippen LogP contribution is -2.45. The van der Waals surface area contributed by atoms with Crippen LogP contribution < -0.4 is 16.6 Å². The summed E-state index contributed by atoms with van der Waals surface area (Å²) in [6.45, 7) is 0. The van der Waals surface area contributed by atoms with E-state index in [-0.39, 0.29) is 22.8 Å². The van der Waals surface area contributed by atoms with Crippen LogP contribution in [-0.4, -0.2) is 31.2 Å². The van der Waals surface area contributed by atoms with Crippen LogP contribution in [0.25, 0.3) is 16.7 Å². The summed E-state index contributed by atoms with van der Waals surface area (Å²) in [6, 6.07) is 11.4. The fraction of sp³-hybridized carbons (Fsp3) is 0.259. The largest absolute Gasteiger partial charge is 0.378 e. The van der Waals surface area contributed by atoms with E-state index in [1.807, 2.05) is 0 Å². The van der Waals surface area contributed by atoms with Gasteiger partial charge in [-0.05, 0) is 49.4 Å². The monoisotopic (exact) mass is 524 g/mol. The topological polar surface area (TPSA) is 106 Å². The van der Waals surface area contributed by atoms with Gasteiger partial charge in [0.05, 0.1) is 17.3 Å². The molecule has 5 rings (SSSR count). The van der Waals surface area contributed by atoms with Crippen LogP contribution in [0.2, 0.25) is 0 Å². The second kappa shape index (κ2) is 10.3. The van der Waals surface area contributed by atoms with Gasteiger partial charge in [0.1, 0.15) is 5.82 Å². The number of aliphatic hydroxyl groups is 1. The maximum atomic E-state index is 14.0. The summed E-state index contributed by atoms with van der Waals surface area (Å²) in [4.78, 5) is 43.3. The Labute approximate surface area is 214 Å². The van der Waals surface area contributed by atoms with Gasteiger partial charge in [-0.1, -0.05) is 30.3 Å². The molecule has 0 spiro atoms. The molecule has 0 bridgehead atoms. The molecule has 1 fully saturated rings.